The summed E-state index contributed by atoms with van der Waals surface area (Å²) in [5, 5.41) is 2.72. The molecule has 2 aromatic rings. The number of amides is 2. The molecule has 5 nitrogen and oxygen atoms in total. The molecule has 0 radical (unpaired) electrons. The molecule has 1 atom stereocenters. The second-order valence-electron chi connectivity index (χ2n) is 7.70. The Balaban J connectivity index is 1.49. The number of thiophene rings is 1. The van der Waals surface area contributed by atoms with E-state index in [2.05, 4.69) is 18.0 Å². The number of nitrogens with zero attached hydrogens (tertiary/aromatic N) is 2. The Morgan fingerprint density at radius 2 is 2.03 bits per heavy atom. The van der Waals surface area contributed by atoms with Crippen molar-refractivity contribution in [3.63, 3.8) is 0 Å². The number of rotatable bonds is 8. The number of carbonyl (C=O) groups excluding carboxylic acids is 2. The van der Waals surface area contributed by atoms with Crippen molar-refractivity contribution in [2.75, 3.05) is 26.2 Å². The molecule has 7 heteroatoms. The Kier molecular flexibility index (Phi) is 6.44. The fraction of sp³-hybridized carbons (Fsp3) is 0.391. The van der Waals surface area contributed by atoms with Gasteiger partial charge < -0.3 is 14.5 Å². The largest absolute Gasteiger partial charge is 0.491 e. The van der Waals surface area contributed by atoms with Gasteiger partial charge in [-0.1, -0.05) is 17.7 Å². The van der Waals surface area contributed by atoms with Gasteiger partial charge in [-0.15, -0.1) is 17.9 Å². The van der Waals surface area contributed by atoms with E-state index in [1.165, 1.54) is 4.88 Å². The third-order valence-electron chi connectivity index (χ3n) is 5.55. The van der Waals surface area contributed by atoms with Crippen molar-refractivity contribution in [1.29, 1.82) is 0 Å². The zero-order valence-corrected chi connectivity index (χ0v) is 18.3. The van der Waals surface area contributed by atoms with E-state index in [4.69, 9.17) is 16.3 Å². The highest BCUT2D eigenvalue weighted by Gasteiger charge is 2.36. The summed E-state index contributed by atoms with van der Waals surface area (Å²) >= 11 is 7.67. The van der Waals surface area contributed by atoms with Gasteiger partial charge in [0, 0.05) is 28.9 Å². The van der Waals surface area contributed by atoms with Gasteiger partial charge in [-0.2, -0.15) is 0 Å². The van der Waals surface area contributed by atoms with E-state index in [1.807, 2.05) is 17.0 Å². The highest BCUT2D eigenvalue weighted by Crippen LogP contribution is 2.35. The Bertz CT molecular complexity index is 923. The first-order valence-electron chi connectivity index (χ1n) is 10.2. The number of halogens is 1. The van der Waals surface area contributed by atoms with Gasteiger partial charge in [0.1, 0.15) is 18.9 Å². The molecule has 158 valence electrons. The van der Waals surface area contributed by atoms with Crippen LogP contribution in [0.1, 0.15) is 29.3 Å². The summed E-state index contributed by atoms with van der Waals surface area (Å²) in [5.74, 6) is 0.802. The molecule has 0 N–H and O–H groups in total. The number of fused-ring (bicyclic) bond motifs is 1. The molecule has 4 rings (SSSR count). The molecule has 2 aliphatic rings. The van der Waals surface area contributed by atoms with Crippen molar-refractivity contribution in [2.45, 2.75) is 25.3 Å². The van der Waals surface area contributed by atoms with Crippen LogP contribution in [0.2, 0.25) is 5.02 Å². The first-order valence-corrected chi connectivity index (χ1v) is 11.5. The van der Waals surface area contributed by atoms with Crippen molar-refractivity contribution in [2.24, 2.45) is 5.92 Å². The smallest absolute Gasteiger partial charge is 0.242 e. The first-order chi connectivity index (χ1) is 14.6. The lowest BCUT2D eigenvalue weighted by Crippen LogP contribution is -2.48. The normalized spacial score (nSPS) is 17.9. The van der Waals surface area contributed by atoms with Crippen molar-refractivity contribution < 1.29 is 14.3 Å². The van der Waals surface area contributed by atoms with Crippen LogP contribution in [0, 0.1) is 5.92 Å². The summed E-state index contributed by atoms with van der Waals surface area (Å²) in [4.78, 5) is 30.6. The van der Waals surface area contributed by atoms with Gasteiger partial charge in [-0.3, -0.25) is 9.59 Å². The molecule has 0 bridgehead atoms. The van der Waals surface area contributed by atoms with Gasteiger partial charge in [-0.05, 0) is 60.5 Å². The molecule has 30 heavy (non-hydrogen) atoms. The van der Waals surface area contributed by atoms with E-state index >= 15 is 0 Å². The molecular weight excluding hydrogens is 420 g/mol. The average Bonchev–Trinajstić information content (AvgIpc) is 3.49. The summed E-state index contributed by atoms with van der Waals surface area (Å²) in [6.45, 7) is 5.20. The summed E-state index contributed by atoms with van der Waals surface area (Å²) in [6, 6.07) is 9.12. The standard InChI is InChI=1S/C23H25ClN2O3S/c1-2-11-25(23(28)16-3-4-16)14-22(27)26-12-9-21-19(10-13-30-21)20(26)15-29-18-7-5-17(24)6-8-18/h2,5-8,10,13,16,20H,1,3-4,9,11-12,14-15H2. The van der Waals surface area contributed by atoms with Gasteiger partial charge in [-0.25, -0.2) is 0 Å². The highest BCUT2D eigenvalue weighted by atomic mass is 35.5. The molecule has 2 heterocycles. The highest BCUT2D eigenvalue weighted by molar-refractivity contribution is 7.10. The van der Waals surface area contributed by atoms with Crippen LogP contribution in [0.25, 0.3) is 0 Å². The van der Waals surface area contributed by atoms with E-state index in [0.717, 1.165) is 24.8 Å². The van der Waals surface area contributed by atoms with E-state index in [-0.39, 0.29) is 30.3 Å². The third kappa shape index (κ3) is 4.71. The van der Waals surface area contributed by atoms with Crippen molar-refractivity contribution in [3.8, 4) is 5.75 Å². The summed E-state index contributed by atoms with van der Waals surface area (Å²) in [5.41, 5.74) is 1.14. The Morgan fingerprint density at radius 1 is 1.27 bits per heavy atom. The van der Waals surface area contributed by atoms with Gasteiger partial charge in [0.25, 0.3) is 0 Å². The Morgan fingerprint density at radius 3 is 2.73 bits per heavy atom. The maximum Gasteiger partial charge on any atom is 0.242 e. The summed E-state index contributed by atoms with van der Waals surface area (Å²) < 4.78 is 6.01. The van der Waals surface area contributed by atoms with Gasteiger partial charge in [0.2, 0.25) is 11.8 Å². The molecule has 1 fully saturated rings. The van der Waals surface area contributed by atoms with Crippen LogP contribution < -0.4 is 4.74 Å². The van der Waals surface area contributed by atoms with E-state index < -0.39 is 0 Å². The van der Waals surface area contributed by atoms with Gasteiger partial charge in [0.15, 0.2) is 0 Å². The minimum absolute atomic E-state index is 0.0487. The predicted octanol–water partition coefficient (Wildman–Crippen LogP) is 4.33. The average molecular weight is 445 g/mol. The summed E-state index contributed by atoms with van der Waals surface area (Å²) in [7, 11) is 0. The zero-order valence-electron chi connectivity index (χ0n) is 16.8. The van der Waals surface area contributed by atoms with Gasteiger partial charge >= 0.3 is 0 Å². The number of benzene rings is 1. The SMILES string of the molecule is C=CCN(CC(=O)N1CCc2sccc2C1COc1ccc(Cl)cc1)C(=O)C1CC1. The second-order valence-corrected chi connectivity index (χ2v) is 9.14. The van der Waals surface area contributed by atoms with E-state index in [0.29, 0.717) is 30.5 Å². The van der Waals surface area contributed by atoms with Crippen LogP contribution >= 0.6 is 22.9 Å². The molecule has 1 aliphatic heterocycles. The Hall–Kier alpha value is -2.31. The number of carbonyl (C=O) groups is 2. The number of ether oxygens (including phenoxy) is 1. The lowest BCUT2D eigenvalue weighted by molar-refractivity contribution is -0.142. The fourth-order valence-corrected chi connectivity index (χ4v) is 4.87. The molecule has 1 unspecified atom stereocenters. The maximum atomic E-state index is 13.3. The fourth-order valence-electron chi connectivity index (χ4n) is 3.81. The predicted molar refractivity (Wildman–Crippen MR) is 119 cm³/mol. The first kappa shape index (κ1) is 20.9. The van der Waals surface area contributed by atoms with Crippen LogP contribution in [0.4, 0.5) is 0 Å². The van der Waals surface area contributed by atoms with Crippen LogP contribution in [-0.2, 0) is 16.0 Å². The molecule has 0 spiro atoms. The zero-order chi connectivity index (χ0) is 21.1. The second kappa shape index (κ2) is 9.23. The van der Waals surface area contributed by atoms with Crippen LogP contribution in [-0.4, -0.2) is 47.9 Å². The number of hydrogen-bond acceptors (Lipinski definition) is 4. The van der Waals surface area contributed by atoms with Crippen LogP contribution in [0.5, 0.6) is 5.75 Å². The molecular formula is C23H25ClN2O3S. The topological polar surface area (TPSA) is 49.9 Å². The lowest BCUT2D eigenvalue weighted by atomic mass is 10.0. The lowest BCUT2D eigenvalue weighted by Gasteiger charge is -2.37. The van der Waals surface area contributed by atoms with E-state index in [9.17, 15) is 9.59 Å². The molecule has 1 aromatic heterocycles. The van der Waals surface area contributed by atoms with Crippen LogP contribution in [0.15, 0.2) is 48.4 Å². The van der Waals surface area contributed by atoms with Crippen LogP contribution in [0.3, 0.4) is 0 Å². The Labute approximate surface area is 185 Å². The van der Waals surface area contributed by atoms with E-state index in [1.54, 1.807) is 34.4 Å². The van der Waals surface area contributed by atoms with Crippen molar-refractivity contribution >= 4 is 34.8 Å². The molecule has 1 aromatic carbocycles. The maximum absolute atomic E-state index is 13.3. The molecule has 1 aliphatic carbocycles. The van der Waals surface area contributed by atoms with Crippen molar-refractivity contribution in [3.05, 3.63) is 63.8 Å². The minimum atomic E-state index is -0.176. The monoisotopic (exact) mass is 444 g/mol. The van der Waals surface area contributed by atoms with Gasteiger partial charge in [0.05, 0.1) is 6.04 Å². The third-order valence-corrected chi connectivity index (χ3v) is 6.80. The molecule has 2 amide bonds. The minimum Gasteiger partial charge on any atom is -0.491 e. The molecule has 1 saturated carbocycles. The summed E-state index contributed by atoms with van der Waals surface area (Å²) in [6.07, 6.45) is 4.34. The number of hydrogen-bond donors (Lipinski definition) is 0. The quantitative estimate of drug-likeness (QED) is 0.569. The molecule has 0 saturated heterocycles. The van der Waals surface area contributed by atoms with Crippen molar-refractivity contribution in [1.82, 2.24) is 9.80 Å².